The van der Waals surface area contributed by atoms with Crippen molar-refractivity contribution in [3.63, 3.8) is 0 Å². The maximum atomic E-state index is 13.4. The number of nitrogens with zero attached hydrogens (tertiary/aromatic N) is 2. The van der Waals surface area contributed by atoms with Crippen LogP contribution in [-0.4, -0.2) is 21.7 Å². The maximum Gasteiger partial charge on any atom is 0.348 e. The Morgan fingerprint density at radius 1 is 1.17 bits per heavy atom. The zero-order valence-corrected chi connectivity index (χ0v) is 16.2. The lowest BCUT2D eigenvalue weighted by Gasteiger charge is -2.35. The van der Waals surface area contributed by atoms with E-state index in [4.69, 9.17) is 4.42 Å². The van der Waals surface area contributed by atoms with Gasteiger partial charge in [-0.05, 0) is 43.7 Å². The normalized spacial score (nSPS) is 16.2. The first kappa shape index (κ1) is 19.4. The molecular formula is C22H18FN3O4. The Morgan fingerprint density at radius 3 is 2.57 bits per heavy atom. The second-order valence-electron chi connectivity index (χ2n) is 6.88. The number of anilines is 1. The number of fused-ring (bicyclic) bond motifs is 1. The quantitative estimate of drug-likeness (QED) is 0.645. The van der Waals surface area contributed by atoms with E-state index < -0.39 is 23.5 Å². The van der Waals surface area contributed by atoms with Gasteiger partial charge in [0.2, 0.25) is 0 Å². The van der Waals surface area contributed by atoms with E-state index in [0.717, 1.165) is 0 Å². The number of carbonyl (C=O) groups is 1. The number of rotatable bonds is 3. The largest absolute Gasteiger partial charge is 0.507 e. The molecule has 1 atom stereocenters. The number of carbonyl (C=O) groups excluding carboxylic acids is 1. The van der Waals surface area contributed by atoms with Crippen LogP contribution in [0, 0.1) is 12.7 Å². The van der Waals surface area contributed by atoms with Gasteiger partial charge in [0.15, 0.2) is 6.17 Å². The first-order chi connectivity index (χ1) is 14.3. The minimum atomic E-state index is -0.759. The third-order valence-corrected chi connectivity index (χ3v) is 4.76. The minimum absolute atomic E-state index is 0.0999. The van der Waals surface area contributed by atoms with Crippen molar-refractivity contribution >= 4 is 17.3 Å². The molecule has 0 radical (unpaired) electrons. The number of hydrogen-bond acceptors (Lipinski definition) is 6. The second-order valence-corrected chi connectivity index (χ2v) is 6.88. The van der Waals surface area contributed by atoms with Gasteiger partial charge in [-0.25, -0.2) is 14.2 Å². The Balaban J connectivity index is 1.84. The van der Waals surface area contributed by atoms with E-state index in [0.29, 0.717) is 16.8 Å². The number of aryl methyl sites for hydroxylation is 1. The fourth-order valence-electron chi connectivity index (χ4n) is 3.36. The van der Waals surface area contributed by atoms with E-state index in [1.807, 2.05) is 0 Å². The van der Waals surface area contributed by atoms with Crippen molar-refractivity contribution in [2.45, 2.75) is 20.0 Å². The molecule has 1 aliphatic heterocycles. The summed E-state index contributed by atoms with van der Waals surface area (Å²) < 4.78 is 18.5. The van der Waals surface area contributed by atoms with Gasteiger partial charge in [-0.2, -0.15) is 5.10 Å². The van der Waals surface area contributed by atoms with Gasteiger partial charge in [-0.3, -0.25) is 4.79 Å². The molecule has 1 amide bonds. The van der Waals surface area contributed by atoms with Crippen LogP contribution in [-0.2, 0) is 0 Å². The highest BCUT2D eigenvalue weighted by Crippen LogP contribution is 2.33. The van der Waals surface area contributed by atoms with Crippen LogP contribution in [0.2, 0.25) is 0 Å². The molecule has 8 heteroatoms. The van der Waals surface area contributed by atoms with E-state index in [-0.39, 0.29) is 22.8 Å². The van der Waals surface area contributed by atoms with Crippen molar-refractivity contribution in [1.82, 2.24) is 5.01 Å². The molecule has 7 nitrogen and oxygen atoms in total. The number of aromatic hydroxyl groups is 1. The summed E-state index contributed by atoms with van der Waals surface area (Å²) >= 11 is 0. The van der Waals surface area contributed by atoms with Crippen molar-refractivity contribution in [2.24, 2.45) is 5.10 Å². The molecule has 1 unspecified atom stereocenters. The van der Waals surface area contributed by atoms with Crippen molar-refractivity contribution in [3.05, 3.63) is 93.3 Å². The summed E-state index contributed by atoms with van der Waals surface area (Å²) in [6, 6.07) is 13.9. The molecular weight excluding hydrogens is 389 g/mol. The zero-order valence-electron chi connectivity index (χ0n) is 16.2. The zero-order chi connectivity index (χ0) is 21.4. The molecule has 2 heterocycles. The van der Waals surface area contributed by atoms with Crippen molar-refractivity contribution in [1.29, 1.82) is 0 Å². The number of benzene rings is 2. The number of nitrogens with one attached hydrogen (secondary N) is 1. The summed E-state index contributed by atoms with van der Waals surface area (Å²) in [6.45, 7) is 3.04. The van der Waals surface area contributed by atoms with Crippen LogP contribution in [0.4, 0.5) is 10.1 Å². The first-order valence-electron chi connectivity index (χ1n) is 9.19. The van der Waals surface area contributed by atoms with E-state index in [1.54, 1.807) is 36.4 Å². The Morgan fingerprint density at radius 2 is 1.87 bits per heavy atom. The maximum absolute atomic E-state index is 13.4. The first-order valence-corrected chi connectivity index (χ1v) is 9.19. The lowest BCUT2D eigenvalue weighted by atomic mass is 10.0. The molecule has 1 aromatic heterocycles. The lowest BCUT2D eigenvalue weighted by molar-refractivity contribution is 0.0689. The van der Waals surface area contributed by atoms with Crippen LogP contribution in [0.3, 0.4) is 0 Å². The molecule has 0 fully saturated rings. The monoisotopic (exact) mass is 407 g/mol. The fourth-order valence-corrected chi connectivity index (χ4v) is 3.36. The Labute approximate surface area is 171 Å². The highest BCUT2D eigenvalue weighted by molar-refractivity contribution is 6.04. The van der Waals surface area contributed by atoms with Gasteiger partial charge in [0.25, 0.3) is 5.91 Å². The smallest absolute Gasteiger partial charge is 0.348 e. The van der Waals surface area contributed by atoms with Crippen LogP contribution in [0.5, 0.6) is 5.75 Å². The Bertz CT molecular complexity index is 1220. The van der Waals surface area contributed by atoms with Crippen molar-refractivity contribution in [3.8, 4) is 5.75 Å². The van der Waals surface area contributed by atoms with E-state index >= 15 is 0 Å². The van der Waals surface area contributed by atoms with Gasteiger partial charge in [-0.1, -0.05) is 24.3 Å². The summed E-state index contributed by atoms with van der Waals surface area (Å²) in [5.74, 6) is -0.854. The molecule has 152 valence electrons. The van der Waals surface area contributed by atoms with Gasteiger partial charge in [0.1, 0.15) is 22.9 Å². The molecule has 1 aliphatic rings. The van der Waals surface area contributed by atoms with Crippen LogP contribution in [0.15, 0.2) is 68.9 Å². The van der Waals surface area contributed by atoms with Crippen LogP contribution in [0.25, 0.3) is 0 Å². The average molecular weight is 407 g/mol. The molecule has 0 spiro atoms. The Kier molecular flexibility index (Phi) is 4.83. The summed E-state index contributed by atoms with van der Waals surface area (Å²) in [5.41, 5.74) is 0.806. The van der Waals surface area contributed by atoms with Crippen molar-refractivity contribution in [2.75, 3.05) is 5.32 Å². The van der Waals surface area contributed by atoms with Gasteiger partial charge in [0, 0.05) is 11.8 Å². The SMILES string of the molecule is C/C(=N\N1C(=O)c2ccccc2NC1c1ccc(F)cc1)c1c(O)cc(C)oc1=O. The van der Waals surface area contributed by atoms with Gasteiger partial charge in [-0.15, -0.1) is 0 Å². The van der Waals surface area contributed by atoms with Crippen LogP contribution >= 0.6 is 0 Å². The third-order valence-electron chi connectivity index (χ3n) is 4.76. The van der Waals surface area contributed by atoms with E-state index in [9.17, 15) is 19.1 Å². The summed E-state index contributed by atoms with van der Waals surface area (Å²) in [7, 11) is 0. The molecule has 0 bridgehead atoms. The van der Waals surface area contributed by atoms with Gasteiger partial charge < -0.3 is 14.8 Å². The molecule has 2 N–H and O–H groups in total. The van der Waals surface area contributed by atoms with Crippen LogP contribution < -0.4 is 10.9 Å². The topological polar surface area (TPSA) is 95.1 Å². The molecule has 2 aromatic carbocycles. The highest BCUT2D eigenvalue weighted by atomic mass is 19.1. The third kappa shape index (κ3) is 3.43. The molecule has 0 aliphatic carbocycles. The molecule has 30 heavy (non-hydrogen) atoms. The van der Waals surface area contributed by atoms with Gasteiger partial charge in [0.05, 0.1) is 11.3 Å². The average Bonchev–Trinajstić information content (AvgIpc) is 2.70. The molecule has 4 rings (SSSR count). The van der Waals surface area contributed by atoms with E-state index in [1.165, 1.54) is 37.1 Å². The fraction of sp³-hybridized carbons (Fsp3) is 0.136. The summed E-state index contributed by atoms with van der Waals surface area (Å²) in [6.07, 6.45) is -0.748. The van der Waals surface area contributed by atoms with E-state index in [2.05, 4.69) is 10.4 Å². The summed E-state index contributed by atoms with van der Waals surface area (Å²) in [5, 5.41) is 18.9. The van der Waals surface area contributed by atoms with Crippen molar-refractivity contribution < 1.29 is 18.7 Å². The molecule has 0 saturated heterocycles. The number of amides is 1. The lowest BCUT2D eigenvalue weighted by Crippen LogP contribution is -2.40. The predicted octanol–water partition coefficient (Wildman–Crippen LogP) is 3.78. The second kappa shape index (κ2) is 7.47. The van der Waals surface area contributed by atoms with Gasteiger partial charge >= 0.3 is 5.63 Å². The molecule has 3 aromatic rings. The number of hydrazone groups is 1. The van der Waals surface area contributed by atoms with Crippen LogP contribution in [0.1, 0.15) is 40.3 Å². The number of hydrogen-bond donors (Lipinski definition) is 2. The number of halogens is 1. The Hall–Kier alpha value is -3.94. The summed E-state index contributed by atoms with van der Waals surface area (Å²) in [4.78, 5) is 25.4. The number of para-hydroxylation sites is 1. The standard InChI is InChI=1S/C22H18FN3O4/c1-12-11-18(27)19(22(29)30-12)13(2)25-26-20(14-7-9-15(23)10-8-14)24-17-6-4-3-5-16(17)21(26)28/h3-11,20,24,27H,1-2H3/b25-13+. The highest BCUT2D eigenvalue weighted by Gasteiger charge is 2.33. The molecule has 0 saturated carbocycles. The minimum Gasteiger partial charge on any atom is -0.507 e. The predicted molar refractivity (Wildman–Crippen MR) is 109 cm³/mol.